The Bertz CT molecular complexity index is 989. The van der Waals surface area contributed by atoms with Crippen molar-refractivity contribution in [3.63, 3.8) is 0 Å². The summed E-state index contributed by atoms with van der Waals surface area (Å²) in [4.78, 5) is 20.7. The highest BCUT2D eigenvalue weighted by Crippen LogP contribution is 2.33. The number of aryl methyl sites for hydroxylation is 1. The first-order valence-corrected chi connectivity index (χ1v) is 7.49. The highest BCUT2D eigenvalue weighted by molar-refractivity contribution is 6.04. The summed E-state index contributed by atoms with van der Waals surface area (Å²) >= 11 is 0. The second kappa shape index (κ2) is 5.45. The third kappa shape index (κ3) is 2.30. The third-order valence-corrected chi connectivity index (χ3v) is 4.00. The molecule has 0 radical (unpaired) electrons. The van der Waals surface area contributed by atoms with Crippen LogP contribution in [0.4, 0.5) is 5.95 Å². The van der Waals surface area contributed by atoms with Crippen LogP contribution in [0.25, 0.3) is 0 Å². The molecule has 7 heteroatoms. The summed E-state index contributed by atoms with van der Waals surface area (Å²) in [6.45, 7) is 1.61. The maximum absolute atomic E-state index is 12.2. The number of aromatic hydroxyl groups is 1. The van der Waals surface area contributed by atoms with Gasteiger partial charge in [0, 0.05) is 12.5 Å². The lowest BCUT2D eigenvalue weighted by atomic mass is 9.96. The highest BCUT2D eigenvalue weighted by atomic mass is 16.4. The molecule has 1 aliphatic rings. The summed E-state index contributed by atoms with van der Waals surface area (Å²) in [5, 5.41) is 14.4. The van der Waals surface area contributed by atoms with E-state index in [0.717, 1.165) is 5.56 Å². The maximum Gasteiger partial charge on any atom is 0.348 e. The van der Waals surface area contributed by atoms with Gasteiger partial charge in [0.05, 0.1) is 11.8 Å². The van der Waals surface area contributed by atoms with Crippen LogP contribution >= 0.6 is 0 Å². The van der Waals surface area contributed by atoms with Crippen molar-refractivity contribution < 1.29 is 9.52 Å². The molecule has 120 valence electrons. The lowest BCUT2D eigenvalue weighted by Gasteiger charge is -2.23. The van der Waals surface area contributed by atoms with Crippen LogP contribution in [0.5, 0.6) is 5.75 Å². The largest absolute Gasteiger partial charge is 0.507 e. The molecule has 1 aliphatic heterocycles. The molecule has 0 unspecified atom stereocenters. The van der Waals surface area contributed by atoms with Crippen molar-refractivity contribution >= 4 is 11.7 Å². The Labute approximate surface area is 136 Å². The van der Waals surface area contributed by atoms with Crippen molar-refractivity contribution in [3.05, 3.63) is 70.0 Å². The van der Waals surface area contributed by atoms with Gasteiger partial charge in [0.2, 0.25) is 5.95 Å². The van der Waals surface area contributed by atoms with E-state index in [-0.39, 0.29) is 17.4 Å². The van der Waals surface area contributed by atoms with E-state index in [1.807, 2.05) is 30.3 Å². The molecule has 7 nitrogen and oxygen atoms in total. The van der Waals surface area contributed by atoms with Gasteiger partial charge in [0.1, 0.15) is 23.4 Å². The number of rotatable bonds is 2. The molecule has 3 heterocycles. The van der Waals surface area contributed by atoms with E-state index in [9.17, 15) is 9.90 Å². The van der Waals surface area contributed by atoms with Crippen molar-refractivity contribution in [1.82, 2.24) is 14.8 Å². The lowest BCUT2D eigenvalue weighted by Crippen LogP contribution is -2.25. The van der Waals surface area contributed by atoms with Gasteiger partial charge in [0.15, 0.2) is 0 Å². The Hall–Kier alpha value is -3.22. The number of aromatic nitrogens is 3. The van der Waals surface area contributed by atoms with E-state index in [0.29, 0.717) is 23.8 Å². The van der Waals surface area contributed by atoms with Gasteiger partial charge in [0.25, 0.3) is 0 Å². The second-order valence-corrected chi connectivity index (χ2v) is 5.60. The Balaban J connectivity index is 1.87. The second-order valence-electron chi connectivity index (χ2n) is 5.60. The SMILES string of the molecule is Cc1cc(O)c(C2=Nc3ncnn3[C@H](c3ccccc3)C2)c(=O)o1. The van der Waals surface area contributed by atoms with Crippen LogP contribution in [0.1, 0.15) is 29.3 Å². The van der Waals surface area contributed by atoms with Crippen LogP contribution in [-0.4, -0.2) is 25.6 Å². The lowest BCUT2D eigenvalue weighted by molar-refractivity contribution is 0.431. The molecule has 0 saturated heterocycles. The van der Waals surface area contributed by atoms with Crippen molar-refractivity contribution in [2.75, 3.05) is 0 Å². The first-order valence-electron chi connectivity index (χ1n) is 7.49. The first kappa shape index (κ1) is 14.4. The Morgan fingerprint density at radius 3 is 2.83 bits per heavy atom. The molecule has 0 bridgehead atoms. The van der Waals surface area contributed by atoms with Crippen LogP contribution in [-0.2, 0) is 0 Å². The van der Waals surface area contributed by atoms with Crippen molar-refractivity contribution in [1.29, 1.82) is 0 Å². The Morgan fingerprint density at radius 1 is 1.29 bits per heavy atom. The summed E-state index contributed by atoms with van der Waals surface area (Å²) < 4.78 is 6.83. The molecule has 3 aromatic rings. The molecule has 0 aliphatic carbocycles. The zero-order valence-electron chi connectivity index (χ0n) is 12.9. The van der Waals surface area contributed by atoms with Crippen LogP contribution in [0, 0.1) is 6.92 Å². The quantitative estimate of drug-likeness (QED) is 0.781. The zero-order chi connectivity index (χ0) is 16.7. The molecule has 0 amide bonds. The molecule has 1 atom stereocenters. The summed E-state index contributed by atoms with van der Waals surface area (Å²) in [7, 11) is 0. The summed E-state index contributed by atoms with van der Waals surface area (Å²) in [6, 6.07) is 11.0. The third-order valence-electron chi connectivity index (χ3n) is 4.00. The van der Waals surface area contributed by atoms with Crippen molar-refractivity contribution in [3.8, 4) is 5.75 Å². The fourth-order valence-electron chi connectivity index (χ4n) is 2.93. The molecule has 24 heavy (non-hydrogen) atoms. The summed E-state index contributed by atoms with van der Waals surface area (Å²) in [6.07, 6.45) is 1.83. The normalized spacial score (nSPS) is 16.5. The smallest absolute Gasteiger partial charge is 0.348 e. The predicted molar refractivity (Wildman–Crippen MR) is 86.8 cm³/mol. The van der Waals surface area contributed by atoms with Crippen LogP contribution < -0.4 is 5.63 Å². The number of aliphatic imine (C=N–C) groups is 1. The number of fused-ring (bicyclic) bond motifs is 1. The van der Waals surface area contributed by atoms with Crippen molar-refractivity contribution in [2.24, 2.45) is 4.99 Å². The van der Waals surface area contributed by atoms with E-state index in [1.165, 1.54) is 12.4 Å². The zero-order valence-corrected chi connectivity index (χ0v) is 12.9. The Morgan fingerprint density at radius 2 is 2.08 bits per heavy atom. The topological polar surface area (TPSA) is 93.5 Å². The van der Waals surface area contributed by atoms with Gasteiger partial charge in [-0.3, -0.25) is 0 Å². The van der Waals surface area contributed by atoms with Gasteiger partial charge in [-0.15, -0.1) is 0 Å². The van der Waals surface area contributed by atoms with E-state index >= 15 is 0 Å². The minimum atomic E-state index is -0.606. The van der Waals surface area contributed by atoms with Gasteiger partial charge < -0.3 is 9.52 Å². The van der Waals surface area contributed by atoms with E-state index in [4.69, 9.17) is 4.42 Å². The molecule has 0 saturated carbocycles. The number of hydrogen-bond donors (Lipinski definition) is 1. The average Bonchev–Trinajstić information content (AvgIpc) is 3.02. The number of hydrogen-bond acceptors (Lipinski definition) is 6. The van der Waals surface area contributed by atoms with Gasteiger partial charge in [-0.2, -0.15) is 10.1 Å². The Kier molecular flexibility index (Phi) is 3.26. The minimum Gasteiger partial charge on any atom is -0.507 e. The van der Waals surface area contributed by atoms with E-state index in [2.05, 4.69) is 15.1 Å². The molecule has 2 aromatic heterocycles. The predicted octanol–water partition coefficient (Wildman–Crippen LogP) is 2.36. The molecule has 1 aromatic carbocycles. The standard InChI is InChI=1S/C17H14N4O3/c1-10-7-14(22)15(16(23)24-10)12-8-13(11-5-3-2-4-6-11)21-17(20-12)18-9-19-21/h2-7,9,13,22H,8H2,1H3/t13-/m0/s1. The molecule has 0 fully saturated rings. The van der Waals surface area contributed by atoms with E-state index < -0.39 is 5.63 Å². The summed E-state index contributed by atoms with van der Waals surface area (Å²) in [5.74, 6) is 0.604. The number of benzene rings is 1. The molecule has 4 rings (SSSR count). The fourth-order valence-corrected chi connectivity index (χ4v) is 2.93. The molecular formula is C17H14N4O3. The maximum atomic E-state index is 12.2. The van der Waals surface area contributed by atoms with Crippen LogP contribution in [0.2, 0.25) is 0 Å². The van der Waals surface area contributed by atoms with Gasteiger partial charge in [-0.05, 0) is 12.5 Å². The first-order chi connectivity index (χ1) is 11.6. The number of nitrogens with zero attached hydrogens (tertiary/aromatic N) is 4. The summed E-state index contributed by atoms with van der Waals surface area (Å²) in [5.41, 5.74) is 0.935. The van der Waals surface area contributed by atoms with Gasteiger partial charge >= 0.3 is 5.63 Å². The van der Waals surface area contributed by atoms with Crippen LogP contribution in [0.3, 0.4) is 0 Å². The highest BCUT2D eigenvalue weighted by Gasteiger charge is 2.29. The molecular weight excluding hydrogens is 308 g/mol. The monoisotopic (exact) mass is 322 g/mol. The van der Waals surface area contributed by atoms with Gasteiger partial charge in [-0.25, -0.2) is 14.5 Å². The molecule has 0 spiro atoms. The van der Waals surface area contributed by atoms with E-state index in [1.54, 1.807) is 11.6 Å². The van der Waals surface area contributed by atoms with Crippen LogP contribution in [0.15, 0.2) is 56.9 Å². The van der Waals surface area contributed by atoms with Crippen molar-refractivity contribution in [2.45, 2.75) is 19.4 Å². The average molecular weight is 322 g/mol. The minimum absolute atomic E-state index is 0.0794. The van der Waals surface area contributed by atoms with Gasteiger partial charge in [-0.1, -0.05) is 30.3 Å². The molecule has 1 N–H and O–H groups in total. The fraction of sp³-hybridized carbons (Fsp3) is 0.176.